The summed E-state index contributed by atoms with van der Waals surface area (Å²) in [7, 11) is 1.63. The average molecular weight is 376 g/mol. The van der Waals surface area contributed by atoms with Gasteiger partial charge in [0.15, 0.2) is 17.1 Å². The van der Waals surface area contributed by atoms with Crippen LogP contribution in [0.5, 0.6) is 11.5 Å². The van der Waals surface area contributed by atoms with E-state index in [1.54, 1.807) is 7.11 Å². The normalized spacial score (nSPS) is 14.7. The van der Waals surface area contributed by atoms with Gasteiger partial charge >= 0.3 is 0 Å². The van der Waals surface area contributed by atoms with Crippen molar-refractivity contribution in [1.82, 2.24) is 20.1 Å². The molecule has 1 heterocycles. The maximum absolute atomic E-state index is 11.9. The fourth-order valence-corrected chi connectivity index (χ4v) is 3.36. The molecule has 1 aliphatic rings. The van der Waals surface area contributed by atoms with Crippen molar-refractivity contribution in [3.05, 3.63) is 30.1 Å². The molecule has 1 aromatic carbocycles. The van der Waals surface area contributed by atoms with Gasteiger partial charge in [0.2, 0.25) is 5.91 Å². The second-order valence-corrected chi connectivity index (χ2v) is 7.09. The fourth-order valence-electron chi connectivity index (χ4n) is 2.54. The molecule has 26 heavy (non-hydrogen) atoms. The summed E-state index contributed by atoms with van der Waals surface area (Å²) in [5.41, 5.74) is 0. The quantitative estimate of drug-likeness (QED) is 0.678. The number of amides is 1. The highest BCUT2D eigenvalue weighted by atomic mass is 32.2. The van der Waals surface area contributed by atoms with Crippen molar-refractivity contribution in [1.29, 1.82) is 0 Å². The van der Waals surface area contributed by atoms with Crippen molar-refractivity contribution in [2.75, 3.05) is 12.9 Å². The molecule has 8 heteroatoms. The van der Waals surface area contributed by atoms with Gasteiger partial charge in [-0.15, -0.1) is 10.2 Å². The van der Waals surface area contributed by atoms with Crippen molar-refractivity contribution < 1.29 is 14.3 Å². The first-order chi connectivity index (χ1) is 12.6. The van der Waals surface area contributed by atoms with E-state index in [0.717, 1.165) is 35.3 Å². The van der Waals surface area contributed by atoms with Gasteiger partial charge in [0.25, 0.3) is 0 Å². The highest BCUT2D eigenvalue weighted by Crippen LogP contribution is 2.26. The third kappa shape index (κ3) is 4.69. The van der Waals surface area contributed by atoms with Gasteiger partial charge in [-0.25, -0.2) is 0 Å². The molecule has 2 aromatic rings. The summed E-state index contributed by atoms with van der Waals surface area (Å²) in [5.74, 6) is 2.66. The second kappa shape index (κ2) is 8.44. The molecule has 0 radical (unpaired) electrons. The Bertz CT molecular complexity index is 743. The largest absolute Gasteiger partial charge is 0.497 e. The van der Waals surface area contributed by atoms with E-state index in [1.165, 1.54) is 11.8 Å². The van der Waals surface area contributed by atoms with Crippen LogP contribution in [0.25, 0.3) is 0 Å². The van der Waals surface area contributed by atoms with Gasteiger partial charge in [-0.1, -0.05) is 11.8 Å². The van der Waals surface area contributed by atoms with E-state index in [-0.39, 0.29) is 12.0 Å². The number of carbonyl (C=O) groups excluding carboxylic acids is 1. The molecule has 1 atom stereocenters. The van der Waals surface area contributed by atoms with Crippen molar-refractivity contribution >= 4 is 17.7 Å². The molecule has 0 spiro atoms. The summed E-state index contributed by atoms with van der Waals surface area (Å²) >= 11 is 1.40. The Labute approximate surface area is 157 Å². The lowest BCUT2D eigenvalue weighted by molar-refractivity contribution is -0.118. The molecule has 7 nitrogen and oxygen atoms in total. The van der Waals surface area contributed by atoms with Gasteiger partial charge in [0, 0.05) is 12.6 Å². The molecule has 1 aromatic heterocycles. The van der Waals surface area contributed by atoms with Crippen LogP contribution in [0.4, 0.5) is 0 Å². The van der Waals surface area contributed by atoms with Gasteiger partial charge in [0.1, 0.15) is 11.5 Å². The van der Waals surface area contributed by atoms with E-state index < -0.39 is 0 Å². The Kier molecular flexibility index (Phi) is 6.03. The van der Waals surface area contributed by atoms with Gasteiger partial charge in [-0.05, 0) is 51.0 Å². The van der Waals surface area contributed by atoms with Crippen LogP contribution in [-0.2, 0) is 11.3 Å². The molecular formula is C18H24N4O3S. The Morgan fingerprint density at radius 3 is 2.62 bits per heavy atom. The van der Waals surface area contributed by atoms with Crippen molar-refractivity contribution in [3.63, 3.8) is 0 Å². The lowest BCUT2D eigenvalue weighted by atomic mass is 10.3. The summed E-state index contributed by atoms with van der Waals surface area (Å²) in [6.45, 7) is 4.68. The van der Waals surface area contributed by atoms with Crippen LogP contribution >= 0.6 is 11.8 Å². The van der Waals surface area contributed by atoms with E-state index in [1.807, 2.05) is 42.7 Å². The summed E-state index contributed by atoms with van der Waals surface area (Å²) in [5, 5.41) is 12.2. The molecule has 3 rings (SSSR count). The fraction of sp³-hybridized carbons (Fsp3) is 0.500. The lowest BCUT2D eigenvalue weighted by Gasteiger charge is -2.15. The zero-order valence-corrected chi connectivity index (χ0v) is 16.1. The Morgan fingerprint density at radius 1 is 1.31 bits per heavy atom. The summed E-state index contributed by atoms with van der Waals surface area (Å²) in [4.78, 5) is 11.9. The van der Waals surface area contributed by atoms with Gasteiger partial charge in [-0.2, -0.15) is 0 Å². The van der Waals surface area contributed by atoms with E-state index in [9.17, 15) is 4.79 Å². The SMILES string of the molecule is CCn1c(SCC(=O)NC2CC2)nnc1C(C)Oc1ccc(OC)cc1. The van der Waals surface area contributed by atoms with Crippen LogP contribution in [0.3, 0.4) is 0 Å². The van der Waals surface area contributed by atoms with Crippen LogP contribution < -0.4 is 14.8 Å². The third-order valence-corrected chi connectivity index (χ3v) is 5.04. The zero-order valence-electron chi connectivity index (χ0n) is 15.3. The van der Waals surface area contributed by atoms with E-state index in [4.69, 9.17) is 9.47 Å². The number of carbonyl (C=O) groups is 1. The molecule has 1 fully saturated rings. The maximum atomic E-state index is 11.9. The van der Waals surface area contributed by atoms with E-state index in [2.05, 4.69) is 15.5 Å². The molecule has 1 saturated carbocycles. The number of hydrogen-bond donors (Lipinski definition) is 1. The smallest absolute Gasteiger partial charge is 0.230 e. The number of thioether (sulfide) groups is 1. The van der Waals surface area contributed by atoms with Crippen LogP contribution in [-0.4, -0.2) is 39.6 Å². The molecule has 0 bridgehead atoms. The zero-order chi connectivity index (χ0) is 18.5. The minimum atomic E-state index is -0.259. The monoisotopic (exact) mass is 376 g/mol. The predicted molar refractivity (Wildman–Crippen MR) is 99.6 cm³/mol. The minimum Gasteiger partial charge on any atom is -0.497 e. The van der Waals surface area contributed by atoms with Gasteiger partial charge in [0.05, 0.1) is 12.9 Å². The molecule has 1 amide bonds. The Hall–Kier alpha value is -2.22. The molecular weight excluding hydrogens is 352 g/mol. The molecule has 0 saturated heterocycles. The first kappa shape index (κ1) is 18.6. The van der Waals surface area contributed by atoms with Crippen LogP contribution in [0, 0.1) is 0 Å². The first-order valence-electron chi connectivity index (χ1n) is 8.76. The van der Waals surface area contributed by atoms with Gasteiger partial charge < -0.3 is 19.4 Å². The molecule has 1 aliphatic carbocycles. The Balaban J connectivity index is 1.62. The Morgan fingerprint density at radius 2 is 2.00 bits per heavy atom. The van der Waals surface area contributed by atoms with Crippen molar-refractivity contribution in [3.8, 4) is 11.5 Å². The number of benzene rings is 1. The number of aromatic nitrogens is 3. The summed E-state index contributed by atoms with van der Waals surface area (Å²) in [6.07, 6.45) is 1.92. The lowest BCUT2D eigenvalue weighted by Crippen LogP contribution is -2.27. The van der Waals surface area contributed by atoms with E-state index >= 15 is 0 Å². The first-order valence-corrected chi connectivity index (χ1v) is 9.75. The highest BCUT2D eigenvalue weighted by Gasteiger charge is 2.24. The second-order valence-electron chi connectivity index (χ2n) is 6.15. The molecule has 1 N–H and O–H groups in total. The van der Waals surface area contributed by atoms with E-state index in [0.29, 0.717) is 18.3 Å². The predicted octanol–water partition coefficient (Wildman–Crippen LogP) is 2.82. The third-order valence-electron chi connectivity index (χ3n) is 4.07. The number of nitrogens with zero attached hydrogens (tertiary/aromatic N) is 3. The molecule has 140 valence electrons. The number of rotatable bonds is 9. The van der Waals surface area contributed by atoms with Gasteiger partial charge in [-0.3, -0.25) is 4.79 Å². The number of hydrogen-bond acceptors (Lipinski definition) is 6. The minimum absolute atomic E-state index is 0.0484. The van der Waals surface area contributed by atoms with Crippen molar-refractivity contribution in [2.24, 2.45) is 0 Å². The van der Waals surface area contributed by atoms with Crippen LogP contribution in [0.2, 0.25) is 0 Å². The summed E-state index contributed by atoms with van der Waals surface area (Å²) < 4.78 is 13.1. The topological polar surface area (TPSA) is 78.3 Å². The van der Waals surface area contributed by atoms with Crippen LogP contribution in [0.15, 0.2) is 29.4 Å². The molecule has 0 aliphatic heterocycles. The maximum Gasteiger partial charge on any atom is 0.230 e. The van der Waals surface area contributed by atoms with Crippen LogP contribution in [0.1, 0.15) is 38.6 Å². The number of ether oxygens (including phenoxy) is 2. The average Bonchev–Trinajstić information content (AvgIpc) is 3.36. The standard InChI is InChI=1S/C18H24N4O3S/c1-4-22-17(12(2)25-15-9-7-14(24-3)8-10-15)20-21-18(22)26-11-16(23)19-13-5-6-13/h7-10,12-13H,4-6,11H2,1-3H3,(H,19,23). The molecule has 1 unspecified atom stereocenters. The highest BCUT2D eigenvalue weighted by molar-refractivity contribution is 7.99. The number of methoxy groups -OCH3 is 1. The number of nitrogens with one attached hydrogen (secondary N) is 1. The summed E-state index contributed by atoms with van der Waals surface area (Å²) in [6, 6.07) is 7.80. The van der Waals surface area contributed by atoms with Crippen molar-refractivity contribution in [2.45, 2.75) is 50.5 Å².